The highest BCUT2D eigenvalue weighted by atomic mass is 16.6. The molecule has 0 bridgehead atoms. The highest BCUT2D eigenvalue weighted by Crippen LogP contribution is 2.24. The molecular formula is C13H17N5O2. The molecule has 2 N–H and O–H groups in total. The molecule has 0 aliphatic carbocycles. The second-order valence-corrected chi connectivity index (χ2v) is 4.66. The number of nitrogens with zero attached hydrogens (tertiary/aromatic N) is 4. The Hall–Kier alpha value is -2.28. The van der Waals surface area contributed by atoms with E-state index in [9.17, 15) is 10.1 Å². The van der Waals surface area contributed by atoms with Gasteiger partial charge in [-0.15, -0.1) is 5.10 Å². The van der Waals surface area contributed by atoms with Gasteiger partial charge in [0.2, 0.25) is 0 Å². The first-order valence-corrected chi connectivity index (χ1v) is 6.46. The predicted octanol–water partition coefficient (Wildman–Crippen LogP) is 2.28. The fourth-order valence-corrected chi connectivity index (χ4v) is 2.08. The van der Waals surface area contributed by atoms with Crippen molar-refractivity contribution in [2.75, 3.05) is 0 Å². The SMILES string of the molecule is CCCC(N)c1cn(-c2cccc([N+](=O)[O-])c2C)nn1. The van der Waals surface area contributed by atoms with Gasteiger partial charge in [-0.2, -0.15) is 0 Å². The molecule has 106 valence electrons. The minimum atomic E-state index is -0.403. The van der Waals surface area contributed by atoms with E-state index in [1.807, 2.05) is 0 Å². The topological polar surface area (TPSA) is 99.9 Å². The number of hydrogen-bond acceptors (Lipinski definition) is 5. The average molecular weight is 275 g/mol. The Balaban J connectivity index is 2.38. The Morgan fingerprint density at radius 1 is 1.50 bits per heavy atom. The molecule has 1 aromatic heterocycles. The Morgan fingerprint density at radius 2 is 2.25 bits per heavy atom. The molecule has 0 saturated carbocycles. The number of nitro benzene ring substituents is 1. The van der Waals surface area contributed by atoms with Crippen LogP contribution >= 0.6 is 0 Å². The summed E-state index contributed by atoms with van der Waals surface area (Å²) in [6.45, 7) is 3.75. The molecule has 1 unspecified atom stereocenters. The molecule has 0 spiro atoms. The molecule has 0 saturated heterocycles. The lowest BCUT2D eigenvalue weighted by Crippen LogP contribution is -2.10. The normalized spacial score (nSPS) is 12.3. The van der Waals surface area contributed by atoms with Crippen LogP contribution in [0.5, 0.6) is 0 Å². The number of nitro groups is 1. The second-order valence-electron chi connectivity index (χ2n) is 4.66. The highest BCUT2D eigenvalue weighted by molar-refractivity contribution is 5.52. The molecule has 7 heteroatoms. The van der Waals surface area contributed by atoms with Crippen LogP contribution in [0.25, 0.3) is 5.69 Å². The average Bonchev–Trinajstić information content (AvgIpc) is 2.88. The van der Waals surface area contributed by atoms with Gasteiger partial charge >= 0.3 is 0 Å². The minimum Gasteiger partial charge on any atom is -0.323 e. The van der Waals surface area contributed by atoms with Crippen molar-refractivity contribution in [3.63, 3.8) is 0 Å². The van der Waals surface area contributed by atoms with Gasteiger partial charge in [-0.1, -0.05) is 24.6 Å². The third-order valence-electron chi connectivity index (χ3n) is 3.21. The molecule has 0 radical (unpaired) electrons. The fraction of sp³-hybridized carbons (Fsp3) is 0.385. The number of rotatable bonds is 5. The van der Waals surface area contributed by atoms with Crippen molar-refractivity contribution in [3.05, 3.63) is 45.8 Å². The van der Waals surface area contributed by atoms with Crippen molar-refractivity contribution >= 4 is 5.69 Å². The van der Waals surface area contributed by atoms with Crippen molar-refractivity contribution in [1.82, 2.24) is 15.0 Å². The molecule has 1 atom stereocenters. The van der Waals surface area contributed by atoms with Crippen LogP contribution in [0.15, 0.2) is 24.4 Å². The third-order valence-corrected chi connectivity index (χ3v) is 3.21. The van der Waals surface area contributed by atoms with Crippen LogP contribution in [0.2, 0.25) is 0 Å². The van der Waals surface area contributed by atoms with Gasteiger partial charge in [0.1, 0.15) is 0 Å². The van der Waals surface area contributed by atoms with Crippen molar-refractivity contribution in [1.29, 1.82) is 0 Å². The predicted molar refractivity (Wildman–Crippen MR) is 74.6 cm³/mol. The Morgan fingerprint density at radius 3 is 2.90 bits per heavy atom. The molecule has 0 aliphatic heterocycles. The largest absolute Gasteiger partial charge is 0.323 e. The highest BCUT2D eigenvalue weighted by Gasteiger charge is 2.16. The summed E-state index contributed by atoms with van der Waals surface area (Å²) in [7, 11) is 0. The van der Waals surface area contributed by atoms with E-state index in [1.54, 1.807) is 25.3 Å². The van der Waals surface area contributed by atoms with Crippen LogP contribution in [-0.4, -0.2) is 19.9 Å². The summed E-state index contributed by atoms with van der Waals surface area (Å²) in [5, 5.41) is 19.0. The molecule has 2 aromatic rings. The van der Waals surface area contributed by atoms with Crippen LogP contribution < -0.4 is 5.73 Å². The van der Waals surface area contributed by atoms with E-state index in [2.05, 4.69) is 17.2 Å². The molecule has 0 amide bonds. The number of hydrogen-bond donors (Lipinski definition) is 1. The molecule has 1 heterocycles. The number of benzene rings is 1. The molecular weight excluding hydrogens is 258 g/mol. The minimum absolute atomic E-state index is 0.0670. The first-order valence-electron chi connectivity index (χ1n) is 6.46. The number of aromatic nitrogens is 3. The lowest BCUT2D eigenvalue weighted by atomic mass is 10.1. The maximum Gasteiger partial charge on any atom is 0.274 e. The van der Waals surface area contributed by atoms with E-state index >= 15 is 0 Å². The smallest absolute Gasteiger partial charge is 0.274 e. The molecule has 0 aliphatic rings. The monoisotopic (exact) mass is 275 g/mol. The van der Waals surface area contributed by atoms with Gasteiger partial charge in [0.15, 0.2) is 0 Å². The first-order chi connectivity index (χ1) is 9.54. The van der Waals surface area contributed by atoms with Crippen LogP contribution in [-0.2, 0) is 0 Å². The Labute approximate surface area is 116 Å². The van der Waals surface area contributed by atoms with Gasteiger partial charge in [-0.25, -0.2) is 4.68 Å². The summed E-state index contributed by atoms with van der Waals surface area (Å²) in [6, 6.07) is 4.71. The third kappa shape index (κ3) is 2.67. The van der Waals surface area contributed by atoms with Crippen molar-refractivity contribution in [3.8, 4) is 5.69 Å². The summed E-state index contributed by atoms with van der Waals surface area (Å²) in [6.07, 6.45) is 3.52. The van der Waals surface area contributed by atoms with Gasteiger partial charge in [0.25, 0.3) is 5.69 Å². The molecule has 1 aromatic carbocycles. The van der Waals surface area contributed by atoms with Crippen molar-refractivity contribution in [2.45, 2.75) is 32.7 Å². The van der Waals surface area contributed by atoms with E-state index in [0.717, 1.165) is 12.8 Å². The second kappa shape index (κ2) is 5.79. The molecule has 0 fully saturated rings. The van der Waals surface area contributed by atoms with E-state index in [-0.39, 0.29) is 11.7 Å². The van der Waals surface area contributed by atoms with Crippen molar-refractivity contribution < 1.29 is 4.92 Å². The maximum absolute atomic E-state index is 10.9. The van der Waals surface area contributed by atoms with Crippen LogP contribution in [0.1, 0.15) is 37.1 Å². The van der Waals surface area contributed by atoms with Gasteiger partial charge in [0.05, 0.1) is 34.1 Å². The van der Waals surface area contributed by atoms with E-state index in [0.29, 0.717) is 16.9 Å². The Kier molecular flexibility index (Phi) is 4.09. The van der Waals surface area contributed by atoms with Gasteiger partial charge in [-0.05, 0) is 19.4 Å². The van der Waals surface area contributed by atoms with E-state index in [4.69, 9.17) is 5.73 Å². The fourth-order valence-electron chi connectivity index (χ4n) is 2.08. The zero-order valence-electron chi connectivity index (χ0n) is 11.5. The summed E-state index contributed by atoms with van der Waals surface area (Å²) in [4.78, 5) is 10.5. The zero-order valence-corrected chi connectivity index (χ0v) is 11.5. The van der Waals surface area contributed by atoms with Crippen molar-refractivity contribution in [2.24, 2.45) is 5.73 Å². The quantitative estimate of drug-likeness (QED) is 0.666. The van der Waals surface area contributed by atoms with E-state index in [1.165, 1.54) is 10.7 Å². The molecule has 20 heavy (non-hydrogen) atoms. The summed E-state index contributed by atoms with van der Waals surface area (Å²) in [5.41, 5.74) is 7.94. The Bertz CT molecular complexity index is 623. The first kappa shape index (κ1) is 14.1. The lowest BCUT2D eigenvalue weighted by molar-refractivity contribution is -0.385. The summed E-state index contributed by atoms with van der Waals surface area (Å²) in [5.74, 6) is 0. The summed E-state index contributed by atoms with van der Waals surface area (Å²) < 4.78 is 1.53. The van der Waals surface area contributed by atoms with Crippen LogP contribution in [0, 0.1) is 17.0 Å². The van der Waals surface area contributed by atoms with Gasteiger partial charge in [0, 0.05) is 6.07 Å². The van der Waals surface area contributed by atoms with Gasteiger partial charge in [-0.3, -0.25) is 10.1 Å². The zero-order chi connectivity index (χ0) is 14.7. The molecule has 2 rings (SSSR count). The van der Waals surface area contributed by atoms with Gasteiger partial charge < -0.3 is 5.73 Å². The molecule has 7 nitrogen and oxygen atoms in total. The van der Waals surface area contributed by atoms with E-state index < -0.39 is 4.92 Å². The summed E-state index contributed by atoms with van der Waals surface area (Å²) >= 11 is 0. The van der Waals surface area contributed by atoms with Crippen LogP contribution in [0.3, 0.4) is 0 Å². The number of nitrogens with two attached hydrogens (primary N) is 1. The maximum atomic E-state index is 10.9. The lowest BCUT2D eigenvalue weighted by Gasteiger charge is -2.06. The van der Waals surface area contributed by atoms with Crippen LogP contribution in [0.4, 0.5) is 5.69 Å². The standard InChI is InChI=1S/C13H17N5O2/c1-3-5-10(14)11-8-17(16-15-11)12-6-4-7-13(9(12)2)18(19)20/h4,6-8,10H,3,5,14H2,1-2H3.